The zero-order valence-corrected chi connectivity index (χ0v) is 20.9. The molecule has 3 rings (SSSR count). The maximum absolute atomic E-state index is 5.51. The highest BCUT2D eigenvalue weighted by Crippen LogP contribution is 2.28. The second-order valence-corrected chi connectivity index (χ2v) is 8.09. The van der Waals surface area contributed by atoms with Crippen molar-refractivity contribution < 1.29 is 4.74 Å². The lowest BCUT2D eigenvalue weighted by Gasteiger charge is -2.38. The van der Waals surface area contributed by atoms with Gasteiger partial charge < -0.3 is 19.9 Å². The van der Waals surface area contributed by atoms with Crippen molar-refractivity contribution in [2.75, 3.05) is 51.8 Å². The smallest absolute Gasteiger partial charge is 0.193 e. The Labute approximate surface area is 195 Å². The molecule has 0 aliphatic carbocycles. The third-order valence-electron chi connectivity index (χ3n) is 4.94. The molecule has 0 unspecified atom stereocenters. The van der Waals surface area contributed by atoms with Crippen molar-refractivity contribution in [3.8, 4) is 5.75 Å². The van der Waals surface area contributed by atoms with E-state index in [9.17, 15) is 0 Å². The average molecular weight is 529 g/mol. The lowest BCUT2D eigenvalue weighted by molar-refractivity contribution is 0.367. The van der Waals surface area contributed by atoms with E-state index in [0.717, 1.165) is 62.2 Å². The van der Waals surface area contributed by atoms with E-state index in [2.05, 4.69) is 51.5 Å². The summed E-state index contributed by atoms with van der Waals surface area (Å²) in [6.07, 6.45) is 0.920. The van der Waals surface area contributed by atoms with Crippen LogP contribution in [0.5, 0.6) is 5.75 Å². The molecule has 8 heteroatoms. The number of aliphatic imine (C=N–C) groups is 1. The van der Waals surface area contributed by atoms with Gasteiger partial charge in [0, 0.05) is 57.5 Å². The Morgan fingerprint density at radius 1 is 1.24 bits per heavy atom. The standard InChI is InChI=1S/C21H31N5OS.HI/c1-16(2)20-24-17(15-28-20)9-10-23-21(22-3)26-13-11-25(12-14-26)18-7-5-6-8-19(18)27-4;/h5-8,15-16H,9-14H2,1-4H3,(H,22,23);1H. The predicted molar refractivity (Wildman–Crippen MR) is 133 cm³/mol. The summed E-state index contributed by atoms with van der Waals surface area (Å²) in [4.78, 5) is 13.9. The number of methoxy groups -OCH3 is 1. The van der Waals surface area contributed by atoms with Gasteiger partial charge in [0.05, 0.1) is 23.5 Å². The summed E-state index contributed by atoms with van der Waals surface area (Å²) >= 11 is 1.76. The second-order valence-electron chi connectivity index (χ2n) is 7.20. The van der Waals surface area contributed by atoms with Gasteiger partial charge >= 0.3 is 0 Å². The fourth-order valence-corrected chi connectivity index (χ4v) is 4.26. The van der Waals surface area contributed by atoms with Crippen LogP contribution in [0.1, 0.15) is 30.5 Å². The van der Waals surface area contributed by atoms with E-state index in [1.807, 2.05) is 19.2 Å². The van der Waals surface area contributed by atoms with Crippen LogP contribution in [0, 0.1) is 0 Å². The van der Waals surface area contributed by atoms with Gasteiger partial charge in [-0.05, 0) is 12.1 Å². The Morgan fingerprint density at radius 3 is 2.59 bits per heavy atom. The molecule has 0 amide bonds. The number of thiazole rings is 1. The molecule has 0 saturated carbocycles. The van der Waals surface area contributed by atoms with E-state index in [1.54, 1.807) is 18.4 Å². The fourth-order valence-electron chi connectivity index (χ4n) is 3.39. The molecule has 1 N–H and O–H groups in total. The van der Waals surface area contributed by atoms with Gasteiger partial charge in [0.1, 0.15) is 5.75 Å². The minimum absolute atomic E-state index is 0. The van der Waals surface area contributed by atoms with Crippen molar-refractivity contribution in [3.63, 3.8) is 0 Å². The number of hydrogen-bond donors (Lipinski definition) is 1. The van der Waals surface area contributed by atoms with Crippen molar-refractivity contribution in [1.82, 2.24) is 15.2 Å². The van der Waals surface area contributed by atoms with Gasteiger partial charge in [-0.2, -0.15) is 0 Å². The van der Waals surface area contributed by atoms with Gasteiger partial charge in [0.2, 0.25) is 0 Å². The van der Waals surface area contributed by atoms with E-state index in [-0.39, 0.29) is 24.0 Å². The normalized spacial score (nSPS) is 14.7. The van der Waals surface area contributed by atoms with Gasteiger partial charge in [0.25, 0.3) is 0 Å². The predicted octanol–water partition coefficient (Wildman–Crippen LogP) is 3.83. The van der Waals surface area contributed by atoms with E-state index >= 15 is 0 Å². The number of benzene rings is 1. The molecular weight excluding hydrogens is 497 g/mol. The molecule has 0 spiro atoms. The van der Waals surface area contributed by atoms with Gasteiger partial charge in [0.15, 0.2) is 5.96 Å². The van der Waals surface area contributed by atoms with Gasteiger partial charge in [-0.3, -0.25) is 4.99 Å². The van der Waals surface area contributed by atoms with Crippen LogP contribution in [0.25, 0.3) is 0 Å². The number of para-hydroxylation sites is 2. The molecule has 1 saturated heterocycles. The zero-order valence-electron chi connectivity index (χ0n) is 17.7. The maximum atomic E-state index is 5.51. The van der Waals surface area contributed by atoms with Gasteiger partial charge in [-0.25, -0.2) is 4.98 Å². The first-order valence-electron chi connectivity index (χ1n) is 9.90. The first-order valence-corrected chi connectivity index (χ1v) is 10.8. The van der Waals surface area contributed by atoms with Crippen molar-refractivity contribution in [3.05, 3.63) is 40.3 Å². The Morgan fingerprint density at radius 2 is 1.97 bits per heavy atom. The molecule has 1 aromatic carbocycles. The molecule has 6 nitrogen and oxygen atoms in total. The highest BCUT2D eigenvalue weighted by molar-refractivity contribution is 14.0. The summed E-state index contributed by atoms with van der Waals surface area (Å²) in [6, 6.07) is 8.22. The number of aromatic nitrogens is 1. The molecule has 1 fully saturated rings. The topological polar surface area (TPSA) is 53.0 Å². The van der Waals surface area contributed by atoms with E-state index < -0.39 is 0 Å². The number of nitrogens with zero attached hydrogens (tertiary/aromatic N) is 4. The Hall–Kier alpha value is -1.55. The monoisotopic (exact) mass is 529 g/mol. The van der Waals surface area contributed by atoms with Crippen LogP contribution in [0.2, 0.25) is 0 Å². The lowest BCUT2D eigenvalue weighted by atomic mass is 10.2. The van der Waals surface area contributed by atoms with Crippen LogP contribution < -0.4 is 15.0 Å². The van der Waals surface area contributed by atoms with Crippen molar-refractivity contribution >= 4 is 47.0 Å². The molecule has 2 heterocycles. The Bertz CT molecular complexity index is 787. The Kier molecular flexibility index (Phi) is 9.48. The lowest BCUT2D eigenvalue weighted by Crippen LogP contribution is -2.52. The van der Waals surface area contributed by atoms with Crippen LogP contribution in [-0.2, 0) is 6.42 Å². The SMILES string of the molecule is CN=C(NCCc1csc(C(C)C)n1)N1CCN(c2ccccc2OC)CC1.I. The minimum Gasteiger partial charge on any atom is -0.495 e. The summed E-state index contributed by atoms with van der Waals surface area (Å²) in [5, 5.41) is 6.89. The van der Waals surface area contributed by atoms with Crippen molar-refractivity contribution in [2.24, 2.45) is 4.99 Å². The number of ether oxygens (including phenoxy) is 1. The molecule has 1 aliphatic heterocycles. The third-order valence-corrected chi connectivity index (χ3v) is 6.14. The summed E-state index contributed by atoms with van der Waals surface area (Å²) in [5.41, 5.74) is 2.33. The number of nitrogens with one attached hydrogen (secondary N) is 1. The summed E-state index contributed by atoms with van der Waals surface area (Å²) < 4.78 is 5.51. The zero-order chi connectivity index (χ0) is 19.9. The molecule has 1 aromatic heterocycles. The molecule has 160 valence electrons. The summed E-state index contributed by atoms with van der Waals surface area (Å²) in [5.74, 6) is 2.40. The number of anilines is 1. The van der Waals surface area contributed by atoms with Crippen LogP contribution in [0.15, 0.2) is 34.6 Å². The van der Waals surface area contributed by atoms with Gasteiger partial charge in [-0.15, -0.1) is 35.3 Å². The molecule has 0 bridgehead atoms. The summed E-state index contributed by atoms with van der Waals surface area (Å²) in [7, 11) is 3.59. The second kappa shape index (κ2) is 11.6. The molecule has 0 radical (unpaired) electrons. The fraction of sp³-hybridized carbons (Fsp3) is 0.524. The van der Waals surface area contributed by atoms with Crippen LogP contribution in [-0.4, -0.2) is 62.7 Å². The van der Waals surface area contributed by atoms with Crippen molar-refractivity contribution in [2.45, 2.75) is 26.2 Å². The van der Waals surface area contributed by atoms with Crippen LogP contribution in [0.3, 0.4) is 0 Å². The maximum Gasteiger partial charge on any atom is 0.193 e. The number of guanidine groups is 1. The largest absolute Gasteiger partial charge is 0.495 e. The molecule has 1 aliphatic rings. The Balaban J connectivity index is 0.00000300. The first kappa shape index (κ1) is 23.7. The highest BCUT2D eigenvalue weighted by atomic mass is 127. The van der Waals surface area contributed by atoms with Gasteiger partial charge in [-0.1, -0.05) is 26.0 Å². The number of rotatable bonds is 6. The average Bonchev–Trinajstić information content (AvgIpc) is 3.21. The van der Waals surface area contributed by atoms with E-state index in [4.69, 9.17) is 9.72 Å². The first-order chi connectivity index (χ1) is 13.6. The number of halogens is 1. The summed E-state index contributed by atoms with van der Waals surface area (Å²) in [6.45, 7) is 9.00. The highest BCUT2D eigenvalue weighted by Gasteiger charge is 2.21. The molecular formula is C21H32IN5OS. The minimum atomic E-state index is 0. The number of piperazine rings is 1. The van der Waals surface area contributed by atoms with Crippen molar-refractivity contribution in [1.29, 1.82) is 0 Å². The number of hydrogen-bond acceptors (Lipinski definition) is 5. The van der Waals surface area contributed by atoms with E-state index in [0.29, 0.717) is 5.92 Å². The van der Waals surface area contributed by atoms with Crippen LogP contribution >= 0.6 is 35.3 Å². The molecule has 29 heavy (non-hydrogen) atoms. The van der Waals surface area contributed by atoms with Crippen LogP contribution in [0.4, 0.5) is 5.69 Å². The molecule has 2 aromatic rings. The quantitative estimate of drug-likeness (QED) is 0.350. The molecule has 0 atom stereocenters. The third kappa shape index (κ3) is 6.21. The van der Waals surface area contributed by atoms with E-state index in [1.165, 1.54) is 5.01 Å².